The molecule has 3 heteroatoms. The zero-order valence-electron chi connectivity index (χ0n) is 7.24. The maximum atomic E-state index is 11.4. The van der Waals surface area contributed by atoms with Crippen LogP contribution in [0, 0.1) is 0 Å². The minimum atomic E-state index is -0.337. The molecule has 0 aliphatic carbocycles. The molecule has 0 bridgehead atoms. The van der Waals surface area contributed by atoms with Crippen molar-refractivity contribution >= 4 is 5.91 Å². The van der Waals surface area contributed by atoms with Gasteiger partial charge in [0.2, 0.25) is 5.91 Å². The third kappa shape index (κ3) is 1.71. The van der Waals surface area contributed by atoms with Crippen LogP contribution in [0.2, 0.25) is 0 Å². The molecule has 64 valence electrons. The first kappa shape index (κ1) is 8.53. The van der Waals surface area contributed by atoms with Gasteiger partial charge < -0.3 is 10.6 Å². The summed E-state index contributed by atoms with van der Waals surface area (Å²) in [6.07, 6.45) is 1.88. The van der Waals surface area contributed by atoms with E-state index in [1.54, 1.807) is 0 Å². The molecule has 1 amide bonds. The molecular weight excluding hydrogens is 140 g/mol. The smallest absolute Gasteiger partial charge is 0.240 e. The number of carbonyl (C=O) groups is 1. The molecule has 0 aromatic heterocycles. The molecule has 0 aromatic rings. The molecule has 3 nitrogen and oxygen atoms in total. The summed E-state index contributed by atoms with van der Waals surface area (Å²) < 4.78 is 0. The summed E-state index contributed by atoms with van der Waals surface area (Å²) in [6.45, 7) is 5.72. The molecule has 1 fully saturated rings. The molecule has 0 saturated carbocycles. The summed E-state index contributed by atoms with van der Waals surface area (Å²) in [6, 6.07) is 0. The van der Waals surface area contributed by atoms with Gasteiger partial charge in [-0.2, -0.15) is 0 Å². The van der Waals surface area contributed by atoms with E-state index in [9.17, 15) is 4.79 Å². The molecule has 1 saturated heterocycles. The van der Waals surface area contributed by atoms with Gasteiger partial charge in [0, 0.05) is 6.54 Å². The van der Waals surface area contributed by atoms with Crippen LogP contribution in [0.3, 0.4) is 0 Å². The van der Waals surface area contributed by atoms with Gasteiger partial charge in [0.15, 0.2) is 0 Å². The maximum absolute atomic E-state index is 11.4. The SMILES string of the molecule is CCC1(C)NCCCNC1=O. The third-order valence-corrected chi connectivity index (χ3v) is 2.36. The van der Waals surface area contributed by atoms with E-state index in [4.69, 9.17) is 0 Å². The second-order valence-corrected chi connectivity index (χ2v) is 3.22. The molecular formula is C8H16N2O. The van der Waals surface area contributed by atoms with Crippen LogP contribution in [-0.2, 0) is 4.79 Å². The van der Waals surface area contributed by atoms with Crippen LogP contribution in [-0.4, -0.2) is 24.5 Å². The zero-order valence-corrected chi connectivity index (χ0v) is 7.24. The first-order valence-electron chi connectivity index (χ1n) is 4.22. The standard InChI is InChI=1S/C8H16N2O/c1-3-8(2)7(11)9-5-4-6-10-8/h10H,3-6H2,1-2H3,(H,9,11). The highest BCUT2D eigenvalue weighted by Gasteiger charge is 2.31. The largest absolute Gasteiger partial charge is 0.354 e. The van der Waals surface area contributed by atoms with Gasteiger partial charge in [0.25, 0.3) is 0 Å². The van der Waals surface area contributed by atoms with Crippen molar-refractivity contribution in [1.29, 1.82) is 0 Å². The van der Waals surface area contributed by atoms with Crippen molar-refractivity contribution in [2.45, 2.75) is 32.2 Å². The zero-order chi connectivity index (χ0) is 8.32. The highest BCUT2D eigenvalue weighted by Crippen LogP contribution is 2.10. The van der Waals surface area contributed by atoms with Crippen LogP contribution in [0.15, 0.2) is 0 Å². The Morgan fingerprint density at radius 1 is 1.55 bits per heavy atom. The van der Waals surface area contributed by atoms with Gasteiger partial charge in [0.1, 0.15) is 0 Å². The fraction of sp³-hybridized carbons (Fsp3) is 0.875. The van der Waals surface area contributed by atoms with Gasteiger partial charge in [-0.1, -0.05) is 6.92 Å². The fourth-order valence-electron chi connectivity index (χ4n) is 1.22. The fourth-order valence-corrected chi connectivity index (χ4v) is 1.22. The van der Waals surface area contributed by atoms with E-state index in [1.807, 2.05) is 13.8 Å². The Bertz CT molecular complexity index is 158. The van der Waals surface area contributed by atoms with Gasteiger partial charge in [-0.25, -0.2) is 0 Å². The summed E-state index contributed by atoms with van der Waals surface area (Å²) in [5, 5.41) is 6.13. The topological polar surface area (TPSA) is 41.1 Å². The van der Waals surface area contributed by atoms with E-state index in [0.29, 0.717) is 0 Å². The Morgan fingerprint density at radius 2 is 2.27 bits per heavy atom. The monoisotopic (exact) mass is 156 g/mol. The Morgan fingerprint density at radius 3 is 2.91 bits per heavy atom. The lowest BCUT2D eigenvalue weighted by Gasteiger charge is -2.25. The molecule has 0 radical (unpaired) electrons. The van der Waals surface area contributed by atoms with E-state index in [0.717, 1.165) is 25.9 Å². The highest BCUT2D eigenvalue weighted by atomic mass is 16.2. The van der Waals surface area contributed by atoms with Crippen molar-refractivity contribution in [3.8, 4) is 0 Å². The molecule has 1 aliphatic heterocycles. The summed E-state index contributed by atoms with van der Waals surface area (Å²) in [5.41, 5.74) is -0.337. The van der Waals surface area contributed by atoms with Gasteiger partial charge in [-0.3, -0.25) is 4.79 Å². The minimum absolute atomic E-state index is 0.137. The molecule has 0 aromatic carbocycles. The number of carbonyl (C=O) groups excluding carboxylic acids is 1. The average molecular weight is 156 g/mol. The molecule has 1 aliphatic rings. The minimum Gasteiger partial charge on any atom is -0.354 e. The van der Waals surface area contributed by atoms with Crippen molar-refractivity contribution < 1.29 is 4.79 Å². The van der Waals surface area contributed by atoms with E-state index >= 15 is 0 Å². The molecule has 1 rings (SSSR count). The van der Waals surface area contributed by atoms with E-state index in [2.05, 4.69) is 10.6 Å². The number of amides is 1. The van der Waals surface area contributed by atoms with Crippen molar-refractivity contribution in [3.05, 3.63) is 0 Å². The molecule has 1 heterocycles. The summed E-state index contributed by atoms with van der Waals surface area (Å²) >= 11 is 0. The maximum Gasteiger partial charge on any atom is 0.240 e. The number of hydrogen-bond donors (Lipinski definition) is 2. The second-order valence-electron chi connectivity index (χ2n) is 3.22. The van der Waals surface area contributed by atoms with Crippen LogP contribution < -0.4 is 10.6 Å². The van der Waals surface area contributed by atoms with Crippen molar-refractivity contribution in [3.63, 3.8) is 0 Å². The predicted molar refractivity (Wildman–Crippen MR) is 44.3 cm³/mol. The number of nitrogens with one attached hydrogen (secondary N) is 2. The second kappa shape index (κ2) is 3.22. The van der Waals surface area contributed by atoms with Crippen molar-refractivity contribution in [1.82, 2.24) is 10.6 Å². The molecule has 1 unspecified atom stereocenters. The third-order valence-electron chi connectivity index (χ3n) is 2.36. The Hall–Kier alpha value is -0.570. The summed E-state index contributed by atoms with van der Waals surface area (Å²) in [5.74, 6) is 0.137. The van der Waals surface area contributed by atoms with Gasteiger partial charge >= 0.3 is 0 Å². The van der Waals surface area contributed by atoms with Gasteiger partial charge in [-0.15, -0.1) is 0 Å². The van der Waals surface area contributed by atoms with E-state index in [-0.39, 0.29) is 11.4 Å². The van der Waals surface area contributed by atoms with E-state index in [1.165, 1.54) is 0 Å². The summed E-state index contributed by atoms with van der Waals surface area (Å²) in [7, 11) is 0. The van der Waals surface area contributed by atoms with Gasteiger partial charge in [0.05, 0.1) is 5.54 Å². The van der Waals surface area contributed by atoms with Gasteiger partial charge in [-0.05, 0) is 26.3 Å². The van der Waals surface area contributed by atoms with Crippen LogP contribution >= 0.6 is 0 Å². The van der Waals surface area contributed by atoms with Crippen molar-refractivity contribution in [2.75, 3.05) is 13.1 Å². The molecule has 1 atom stereocenters. The molecule has 11 heavy (non-hydrogen) atoms. The number of rotatable bonds is 1. The normalized spacial score (nSPS) is 32.7. The highest BCUT2D eigenvalue weighted by molar-refractivity contribution is 5.85. The average Bonchev–Trinajstić information content (AvgIpc) is 2.16. The van der Waals surface area contributed by atoms with Crippen molar-refractivity contribution in [2.24, 2.45) is 0 Å². The quantitative estimate of drug-likeness (QED) is 0.572. The lowest BCUT2D eigenvalue weighted by Crippen LogP contribution is -2.52. The lowest BCUT2D eigenvalue weighted by molar-refractivity contribution is -0.126. The first-order chi connectivity index (χ1) is 5.19. The molecule has 2 N–H and O–H groups in total. The van der Waals surface area contributed by atoms with Crippen LogP contribution in [0.25, 0.3) is 0 Å². The van der Waals surface area contributed by atoms with Crippen LogP contribution in [0.4, 0.5) is 0 Å². The van der Waals surface area contributed by atoms with E-state index < -0.39 is 0 Å². The lowest BCUT2D eigenvalue weighted by atomic mass is 9.98. The Labute approximate surface area is 67.5 Å². The Balaban J connectivity index is 2.66. The molecule has 0 spiro atoms. The number of hydrogen-bond acceptors (Lipinski definition) is 2. The Kier molecular flexibility index (Phi) is 2.49. The van der Waals surface area contributed by atoms with Crippen LogP contribution in [0.5, 0.6) is 0 Å². The van der Waals surface area contributed by atoms with Crippen LogP contribution in [0.1, 0.15) is 26.7 Å². The summed E-state index contributed by atoms with van der Waals surface area (Å²) in [4.78, 5) is 11.4. The first-order valence-corrected chi connectivity index (χ1v) is 4.22. The predicted octanol–water partition coefficient (Wildman–Crippen LogP) is 0.265.